The van der Waals surface area contributed by atoms with E-state index in [0.717, 1.165) is 6.08 Å². The highest BCUT2D eigenvalue weighted by Crippen LogP contribution is 2.32. The highest BCUT2D eigenvalue weighted by Gasteiger charge is 2.36. The van der Waals surface area contributed by atoms with Gasteiger partial charge in [0.05, 0.1) is 32.2 Å². The summed E-state index contributed by atoms with van der Waals surface area (Å²) in [6.07, 6.45) is 3.34. The van der Waals surface area contributed by atoms with E-state index < -0.39 is 18.1 Å². The summed E-state index contributed by atoms with van der Waals surface area (Å²) in [4.78, 5) is 27.3. The first-order chi connectivity index (χ1) is 15.6. The number of nitrogens with zero attached hydrogens (tertiary/aromatic N) is 7. The monoisotopic (exact) mass is 457 g/mol. The molecule has 4 rings (SSSR count). The number of anilines is 3. The Hall–Kier alpha value is -3.70. The van der Waals surface area contributed by atoms with E-state index in [1.807, 2.05) is 25.3 Å². The van der Waals surface area contributed by atoms with Crippen LogP contribution in [0.4, 0.5) is 21.8 Å². The van der Waals surface area contributed by atoms with Crippen molar-refractivity contribution >= 4 is 34.5 Å². The quantitative estimate of drug-likeness (QED) is 0.540. The fraction of sp³-hybridized carbons (Fsp3) is 0.476. The van der Waals surface area contributed by atoms with Crippen molar-refractivity contribution in [3.05, 3.63) is 25.2 Å². The van der Waals surface area contributed by atoms with Crippen LogP contribution in [0.2, 0.25) is 0 Å². The van der Waals surface area contributed by atoms with E-state index in [1.54, 1.807) is 29.2 Å². The molecule has 2 atom stereocenters. The largest absolute Gasteiger partial charge is 0.478 e. The van der Waals surface area contributed by atoms with Crippen LogP contribution in [0, 0.1) is 0 Å². The summed E-state index contributed by atoms with van der Waals surface area (Å²) in [6, 6.07) is -0.683. The average molecular weight is 458 g/mol. The van der Waals surface area contributed by atoms with E-state index in [9.17, 15) is 9.18 Å². The number of halogens is 1. The van der Waals surface area contributed by atoms with Gasteiger partial charge in [-0.3, -0.25) is 9.48 Å². The van der Waals surface area contributed by atoms with E-state index in [-0.39, 0.29) is 18.6 Å². The fourth-order valence-corrected chi connectivity index (χ4v) is 3.75. The molecular formula is C21H28FN9O2. The number of imidazole rings is 1. The molecule has 176 valence electrons. The molecule has 4 heterocycles. The second kappa shape index (κ2) is 8.34. The molecule has 0 spiro atoms. The maximum Gasteiger partial charge on any atom is 0.256 e. The molecule has 2 N–H and O–H groups in total. The molecule has 0 unspecified atom stereocenters. The summed E-state index contributed by atoms with van der Waals surface area (Å²) >= 11 is 0. The van der Waals surface area contributed by atoms with Crippen molar-refractivity contribution in [2.45, 2.75) is 38.5 Å². The topological polar surface area (TPSA) is 115 Å². The molecule has 1 amide bonds. The van der Waals surface area contributed by atoms with Crippen molar-refractivity contribution in [3.8, 4) is 5.88 Å². The van der Waals surface area contributed by atoms with Crippen LogP contribution in [0.1, 0.15) is 20.8 Å². The molecule has 3 aromatic rings. The van der Waals surface area contributed by atoms with Crippen molar-refractivity contribution < 1.29 is 13.9 Å². The van der Waals surface area contributed by atoms with Crippen LogP contribution in [0.25, 0.3) is 11.2 Å². The molecule has 1 aliphatic rings. The minimum Gasteiger partial charge on any atom is -0.478 e. The van der Waals surface area contributed by atoms with Crippen molar-refractivity contribution in [2.24, 2.45) is 7.05 Å². The number of ether oxygens (including phenoxy) is 1. The number of aryl methyl sites for hydroxylation is 1. The van der Waals surface area contributed by atoms with E-state index in [0.29, 0.717) is 34.5 Å². The molecule has 0 saturated carbocycles. The molecule has 3 aromatic heterocycles. The third-order valence-electron chi connectivity index (χ3n) is 5.39. The molecular weight excluding hydrogens is 429 g/mol. The standard InChI is InChI=1S/C21H28FN9O2/c1-7-15(32)24-13-10-30(8-12(13)22)20-26-17(25-14-9-29(5)28-19(14)33-6)16-18(27-20)31(11-23-16)21(2,3)4/h7,9,11-13H,1,8,10H2,2-6H3,(H,24,32)(H,25,26,27)/t12-,13+/m0/s1. The Bertz CT molecular complexity index is 1200. The van der Waals surface area contributed by atoms with Crippen LogP contribution < -0.4 is 20.3 Å². The lowest BCUT2D eigenvalue weighted by molar-refractivity contribution is -0.117. The van der Waals surface area contributed by atoms with Crippen LogP contribution in [0.3, 0.4) is 0 Å². The summed E-state index contributed by atoms with van der Waals surface area (Å²) in [5, 5.41) is 10.1. The number of alkyl halides is 1. The van der Waals surface area contributed by atoms with Crippen molar-refractivity contribution in [1.82, 2.24) is 34.6 Å². The number of hydrogen-bond acceptors (Lipinski definition) is 8. The zero-order chi connectivity index (χ0) is 23.9. The summed E-state index contributed by atoms with van der Waals surface area (Å²) < 4.78 is 23.6. The van der Waals surface area contributed by atoms with E-state index in [1.165, 1.54) is 7.11 Å². The van der Waals surface area contributed by atoms with Gasteiger partial charge in [-0.2, -0.15) is 9.97 Å². The minimum atomic E-state index is -1.27. The van der Waals surface area contributed by atoms with Gasteiger partial charge < -0.3 is 24.8 Å². The van der Waals surface area contributed by atoms with Gasteiger partial charge in [0, 0.05) is 19.1 Å². The molecule has 1 saturated heterocycles. The molecule has 1 aliphatic heterocycles. The van der Waals surface area contributed by atoms with Gasteiger partial charge in [-0.25, -0.2) is 9.37 Å². The number of amides is 1. The Morgan fingerprint density at radius 1 is 1.33 bits per heavy atom. The predicted octanol–water partition coefficient (Wildman–Crippen LogP) is 1.90. The van der Waals surface area contributed by atoms with Crippen LogP contribution in [-0.4, -0.2) is 67.6 Å². The number of nitrogens with one attached hydrogen (secondary N) is 2. The number of carbonyl (C=O) groups is 1. The van der Waals surface area contributed by atoms with Crippen molar-refractivity contribution in [1.29, 1.82) is 0 Å². The lowest BCUT2D eigenvalue weighted by atomic mass is 10.1. The minimum absolute atomic E-state index is 0.0485. The second-order valence-electron chi connectivity index (χ2n) is 8.92. The van der Waals surface area contributed by atoms with Crippen LogP contribution in [-0.2, 0) is 17.4 Å². The number of fused-ring (bicyclic) bond motifs is 1. The van der Waals surface area contributed by atoms with Gasteiger partial charge in [0.25, 0.3) is 5.88 Å². The Morgan fingerprint density at radius 3 is 2.76 bits per heavy atom. The SMILES string of the molecule is C=CC(=O)N[C@@H]1CN(c2nc(Nc3cn(C)nc3OC)c3ncn(C(C)(C)C)c3n2)C[C@@H]1F. The Balaban J connectivity index is 1.77. The van der Waals surface area contributed by atoms with Gasteiger partial charge in [-0.15, -0.1) is 5.10 Å². The first-order valence-electron chi connectivity index (χ1n) is 10.5. The Labute approximate surface area is 190 Å². The first kappa shape index (κ1) is 22.5. The third kappa shape index (κ3) is 4.32. The molecule has 0 bridgehead atoms. The molecule has 0 aromatic carbocycles. The highest BCUT2D eigenvalue weighted by molar-refractivity contribution is 5.88. The van der Waals surface area contributed by atoms with Gasteiger partial charge in [0.2, 0.25) is 11.9 Å². The van der Waals surface area contributed by atoms with Gasteiger partial charge in [0.1, 0.15) is 11.9 Å². The maximum atomic E-state index is 14.7. The molecule has 33 heavy (non-hydrogen) atoms. The molecule has 0 radical (unpaired) electrons. The van der Waals surface area contributed by atoms with E-state index >= 15 is 0 Å². The molecule has 11 nitrogen and oxygen atoms in total. The Morgan fingerprint density at radius 2 is 2.09 bits per heavy atom. The maximum absolute atomic E-state index is 14.7. The average Bonchev–Trinajstić information content (AvgIpc) is 3.44. The smallest absolute Gasteiger partial charge is 0.256 e. The van der Waals surface area contributed by atoms with Crippen LogP contribution in [0.15, 0.2) is 25.2 Å². The number of rotatable bonds is 6. The van der Waals surface area contributed by atoms with E-state index in [4.69, 9.17) is 9.72 Å². The fourth-order valence-electron chi connectivity index (χ4n) is 3.75. The summed E-state index contributed by atoms with van der Waals surface area (Å²) in [7, 11) is 3.32. The Kier molecular flexibility index (Phi) is 5.68. The summed E-state index contributed by atoms with van der Waals surface area (Å²) in [6.45, 7) is 9.83. The van der Waals surface area contributed by atoms with Gasteiger partial charge >= 0.3 is 0 Å². The highest BCUT2D eigenvalue weighted by atomic mass is 19.1. The number of aromatic nitrogens is 6. The van der Waals surface area contributed by atoms with Crippen LogP contribution >= 0.6 is 0 Å². The second-order valence-corrected chi connectivity index (χ2v) is 8.92. The predicted molar refractivity (Wildman–Crippen MR) is 123 cm³/mol. The van der Waals surface area contributed by atoms with Crippen molar-refractivity contribution in [2.75, 3.05) is 30.4 Å². The first-order valence-corrected chi connectivity index (χ1v) is 10.5. The lowest BCUT2D eigenvalue weighted by Crippen LogP contribution is -2.40. The van der Waals surface area contributed by atoms with Gasteiger partial charge in [-0.05, 0) is 26.8 Å². The third-order valence-corrected chi connectivity index (χ3v) is 5.39. The van der Waals surface area contributed by atoms with Crippen molar-refractivity contribution in [3.63, 3.8) is 0 Å². The molecule has 1 fully saturated rings. The van der Waals surface area contributed by atoms with Gasteiger partial charge in [0.15, 0.2) is 17.0 Å². The zero-order valence-corrected chi connectivity index (χ0v) is 19.3. The van der Waals surface area contributed by atoms with E-state index in [2.05, 4.69) is 32.3 Å². The van der Waals surface area contributed by atoms with Crippen LogP contribution in [0.5, 0.6) is 5.88 Å². The molecule has 0 aliphatic carbocycles. The summed E-state index contributed by atoms with van der Waals surface area (Å²) in [5.74, 6) is 0.756. The number of carbonyl (C=O) groups excluding carboxylic acids is 1. The number of hydrogen-bond donors (Lipinski definition) is 2. The molecule has 12 heteroatoms. The van der Waals surface area contributed by atoms with Gasteiger partial charge in [-0.1, -0.05) is 6.58 Å². The normalized spacial score (nSPS) is 18.5. The lowest BCUT2D eigenvalue weighted by Gasteiger charge is -2.22. The number of methoxy groups -OCH3 is 1. The summed E-state index contributed by atoms with van der Waals surface area (Å²) in [5.41, 5.74) is 1.48. The zero-order valence-electron chi connectivity index (χ0n) is 19.3.